The molecule has 1 unspecified atom stereocenters. The number of benzene rings is 3. The Morgan fingerprint density at radius 2 is 1.66 bits per heavy atom. The number of hydrogen-bond acceptors (Lipinski definition) is 5. The highest BCUT2D eigenvalue weighted by atomic mass is 16.5. The summed E-state index contributed by atoms with van der Waals surface area (Å²) >= 11 is 0. The van der Waals surface area contributed by atoms with E-state index in [2.05, 4.69) is 40.5 Å². The molecular formula is C27H32N2O3. The van der Waals surface area contributed by atoms with Crippen molar-refractivity contribution < 1.29 is 14.6 Å². The molecule has 1 heterocycles. The zero-order valence-corrected chi connectivity index (χ0v) is 18.5. The Labute approximate surface area is 190 Å². The van der Waals surface area contributed by atoms with E-state index in [1.54, 1.807) is 0 Å². The minimum Gasteiger partial charge on any atom is -0.492 e. The third-order valence-electron chi connectivity index (χ3n) is 5.64. The van der Waals surface area contributed by atoms with Gasteiger partial charge in [-0.2, -0.15) is 0 Å². The zero-order chi connectivity index (χ0) is 22.0. The number of aliphatic hydroxyl groups is 1. The molecule has 0 aliphatic carbocycles. The SMILES string of the molecule is OC(COc1cccc(CNCCOc2ccccc2)c1)CN1CCc2ccccc2C1. The monoisotopic (exact) mass is 432 g/mol. The Morgan fingerprint density at radius 1 is 0.875 bits per heavy atom. The molecule has 0 amide bonds. The first-order valence-corrected chi connectivity index (χ1v) is 11.3. The summed E-state index contributed by atoms with van der Waals surface area (Å²) in [6, 6.07) is 26.4. The molecule has 1 aliphatic rings. The lowest BCUT2D eigenvalue weighted by Crippen LogP contribution is -2.38. The number of hydrogen-bond donors (Lipinski definition) is 2. The first-order chi connectivity index (χ1) is 15.8. The first kappa shape index (κ1) is 22.3. The predicted octanol–water partition coefficient (Wildman–Crippen LogP) is 3.65. The number of para-hydroxylation sites is 1. The summed E-state index contributed by atoms with van der Waals surface area (Å²) in [5.41, 5.74) is 3.93. The maximum absolute atomic E-state index is 10.5. The number of nitrogens with one attached hydrogen (secondary N) is 1. The van der Waals surface area contributed by atoms with Crippen LogP contribution in [0.5, 0.6) is 11.5 Å². The Bertz CT molecular complexity index is 964. The van der Waals surface area contributed by atoms with Crippen LogP contribution in [0.15, 0.2) is 78.9 Å². The minimum atomic E-state index is -0.517. The van der Waals surface area contributed by atoms with Crippen LogP contribution >= 0.6 is 0 Å². The van der Waals surface area contributed by atoms with E-state index in [1.807, 2.05) is 48.5 Å². The van der Waals surface area contributed by atoms with Gasteiger partial charge in [-0.1, -0.05) is 54.6 Å². The van der Waals surface area contributed by atoms with E-state index in [0.717, 1.165) is 49.7 Å². The van der Waals surface area contributed by atoms with Crippen LogP contribution in [0.2, 0.25) is 0 Å². The van der Waals surface area contributed by atoms with Crippen LogP contribution in [0.1, 0.15) is 16.7 Å². The van der Waals surface area contributed by atoms with Crippen LogP contribution < -0.4 is 14.8 Å². The average molecular weight is 433 g/mol. The fourth-order valence-electron chi connectivity index (χ4n) is 3.99. The number of ether oxygens (including phenoxy) is 2. The topological polar surface area (TPSA) is 54.0 Å². The second-order valence-corrected chi connectivity index (χ2v) is 8.20. The van der Waals surface area contributed by atoms with Crippen LogP contribution in [0.25, 0.3) is 0 Å². The molecule has 5 heteroatoms. The van der Waals surface area contributed by atoms with Crippen LogP contribution in [0, 0.1) is 0 Å². The maximum Gasteiger partial charge on any atom is 0.119 e. The minimum absolute atomic E-state index is 0.292. The van der Waals surface area contributed by atoms with Crippen molar-refractivity contribution in [3.05, 3.63) is 95.6 Å². The Balaban J connectivity index is 1.15. The van der Waals surface area contributed by atoms with Gasteiger partial charge in [0.1, 0.15) is 30.8 Å². The van der Waals surface area contributed by atoms with E-state index in [0.29, 0.717) is 19.8 Å². The molecule has 3 aromatic rings. The number of β-amino-alcohol motifs (C(OH)–C–C–N with tert-alkyl or cyclic N) is 1. The van der Waals surface area contributed by atoms with Gasteiger partial charge in [-0.05, 0) is 47.4 Å². The van der Waals surface area contributed by atoms with Crippen LogP contribution in [-0.4, -0.2) is 49.0 Å². The molecule has 168 valence electrons. The van der Waals surface area contributed by atoms with Crippen molar-refractivity contribution in [2.45, 2.75) is 25.6 Å². The van der Waals surface area contributed by atoms with E-state index in [4.69, 9.17) is 9.47 Å². The summed E-state index contributed by atoms with van der Waals surface area (Å²) in [5, 5.41) is 13.9. The maximum atomic E-state index is 10.5. The lowest BCUT2D eigenvalue weighted by atomic mass is 10.00. The van der Waals surface area contributed by atoms with Gasteiger partial charge >= 0.3 is 0 Å². The van der Waals surface area contributed by atoms with E-state index < -0.39 is 6.10 Å². The predicted molar refractivity (Wildman–Crippen MR) is 127 cm³/mol. The highest BCUT2D eigenvalue weighted by Gasteiger charge is 2.18. The Morgan fingerprint density at radius 3 is 2.53 bits per heavy atom. The van der Waals surface area contributed by atoms with Crippen LogP contribution in [0.4, 0.5) is 0 Å². The van der Waals surface area contributed by atoms with Gasteiger partial charge in [0, 0.05) is 32.7 Å². The largest absolute Gasteiger partial charge is 0.492 e. The second-order valence-electron chi connectivity index (χ2n) is 8.20. The number of aliphatic hydroxyl groups excluding tert-OH is 1. The molecule has 0 radical (unpaired) electrons. The van der Waals surface area contributed by atoms with Gasteiger partial charge in [-0.25, -0.2) is 0 Å². The zero-order valence-electron chi connectivity index (χ0n) is 18.5. The quantitative estimate of drug-likeness (QED) is 0.453. The molecule has 0 bridgehead atoms. The van der Waals surface area contributed by atoms with Crippen molar-refractivity contribution in [1.82, 2.24) is 10.2 Å². The highest BCUT2D eigenvalue weighted by molar-refractivity contribution is 5.29. The Kier molecular flexibility index (Phi) is 8.15. The van der Waals surface area contributed by atoms with Gasteiger partial charge in [0.2, 0.25) is 0 Å². The summed E-state index contributed by atoms with van der Waals surface area (Å²) in [5.74, 6) is 1.67. The van der Waals surface area contributed by atoms with E-state index >= 15 is 0 Å². The smallest absolute Gasteiger partial charge is 0.119 e. The normalized spacial score (nSPS) is 14.5. The first-order valence-electron chi connectivity index (χ1n) is 11.3. The molecule has 0 fully saturated rings. The molecule has 1 aliphatic heterocycles. The molecular weight excluding hydrogens is 400 g/mol. The van der Waals surface area contributed by atoms with Crippen molar-refractivity contribution in [2.24, 2.45) is 0 Å². The lowest BCUT2D eigenvalue weighted by molar-refractivity contribution is 0.0637. The van der Waals surface area contributed by atoms with Crippen LogP contribution in [0.3, 0.4) is 0 Å². The number of nitrogens with zero attached hydrogens (tertiary/aromatic N) is 1. The van der Waals surface area contributed by atoms with E-state index in [1.165, 1.54) is 11.1 Å². The molecule has 5 nitrogen and oxygen atoms in total. The summed E-state index contributed by atoms with van der Waals surface area (Å²) in [7, 11) is 0. The van der Waals surface area contributed by atoms with E-state index in [-0.39, 0.29) is 0 Å². The lowest BCUT2D eigenvalue weighted by Gasteiger charge is -2.30. The van der Waals surface area contributed by atoms with Crippen molar-refractivity contribution in [3.8, 4) is 11.5 Å². The van der Waals surface area contributed by atoms with Gasteiger partial charge in [0.05, 0.1) is 0 Å². The Hall–Kier alpha value is -2.86. The third kappa shape index (κ3) is 6.82. The molecule has 0 spiro atoms. The molecule has 1 atom stereocenters. The molecule has 0 saturated heterocycles. The van der Waals surface area contributed by atoms with Crippen molar-refractivity contribution in [3.63, 3.8) is 0 Å². The summed E-state index contributed by atoms with van der Waals surface area (Å²) in [4.78, 5) is 2.30. The molecule has 4 rings (SSSR count). The highest BCUT2D eigenvalue weighted by Crippen LogP contribution is 2.19. The summed E-state index contributed by atoms with van der Waals surface area (Å²) in [6.07, 6.45) is 0.520. The standard InChI is InChI=1S/C27H32N2O3/c30-25(20-29-15-13-23-8-4-5-9-24(23)19-29)21-32-27-12-6-7-22(17-27)18-28-14-16-31-26-10-2-1-3-11-26/h1-12,17,25,28,30H,13-16,18-21H2. The van der Waals surface area contributed by atoms with Crippen molar-refractivity contribution in [2.75, 3.05) is 32.8 Å². The molecule has 0 saturated carbocycles. The summed E-state index contributed by atoms with van der Waals surface area (Å²) in [6.45, 7) is 4.90. The van der Waals surface area contributed by atoms with Gasteiger partial charge in [-0.15, -0.1) is 0 Å². The average Bonchev–Trinajstić information content (AvgIpc) is 2.83. The third-order valence-corrected chi connectivity index (χ3v) is 5.64. The van der Waals surface area contributed by atoms with E-state index in [9.17, 15) is 5.11 Å². The van der Waals surface area contributed by atoms with Gasteiger partial charge in [0.15, 0.2) is 0 Å². The number of fused-ring (bicyclic) bond motifs is 1. The van der Waals surface area contributed by atoms with Crippen LogP contribution in [-0.2, 0) is 19.5 Å². The van der Waals surface area contributed by atoms with Gasteiger partial charge in [0.25, 0.3) is 0 Å². The molecule has 32 heavy (non-hydrogen) atoms. The van der Waals surface area contributed by atoms with Crippen molar-refractivity contribution >= 4 is 0 Å². The molecule has 2 N–H and O–H groups in total. The summed E-state index contributed by atoms with van der Waals surface area (Å²) < 4.78 is 11.6. The fraction of sp³-hybridized carbons (Fsp3) is 0.333. The fourth-order valence-corrected chi connectivity index (χ4v) is 3.99. The molecule has 3 aromatic carbocycles. The van der Waals surface area contributed by atoms with Crippen molar-refractivity contribution in [1.29, 1.82) is 0 Å². The second kappa shape index (κ2) is 11.7. The van der Waals surface area contributed by atoms with Gasteiger partial charge < -0.3 is 19.9 Å². The van der Waals surface area contributed by atoms with Gasteiger partial charge in [-0.3, -0.25) is 4.90 Å². The molecule has 0 aromatic heterocycles. The number of rotatable bonds is 11.